The summed E-state index contributed by atoms with van der Waals surface area (Å²) in [5, 5.41) is 19.6. The molecule has 0 spiro atoms. The van der Waals surface area contributed by atoms with Crippen molar-refractivity contribution >= 4 is 5.91 Å². The Morgan fingerprint density at radius 1 is 1.18 bits per heavy atom. The van der Waals surface area contributed by atoms with Crippen LogP contribution in [0.25, 0.3) is 22.6 Å². The molecule has 34 heavy (non-hydrogen) atoms. The second-order valence-electron chi connectivity index (χ2n) is 9.02. The molecule has 1 aromatic carbocycles. The van der Waals surface area contributed by atoms with Crippen molar-refractivity contribution < 1.29 is 9.90 Å². The zero-order chi connectivity index (χ0) is 23.7. The maximum Gasteiger partial charge on any atom is 0.255 e. The molecule has 1 saturated heterocycles. The summed E-state index contributed by atoms with van der Waals surface area (Å²) in [4.78, 5) is 22.9. The van der Waals surface area contributed by atoms with Gasteiger partial charge in [-0.25, -0.2) is 4.68 Å². The lowest BCUT2D eigenvalue weighted by atomic mass is 10.0. The van der Waals surface area contributed by atoms with Crippen LogP contribution in [0.1, 0.15) is 35.0 Å². The molecular formula is C26H28N6O2. The van der Waals surface area contributed by atoms with Crippen LogP contribution in [-0.4, -0.2) is 59.6 Å². The second-order valence-corrected chi connectivity index (χ2v) is 9.02. The molecule has 8 heteroatoms. The van der Waals surface area contributed by atoms with Crippen molar-refractivity contribution in [2.45, 2.75) is 38.8 Å². The van der Waals surface area contributed by atoms with Crippen molar-refractivity contribution in [1.82, 2.24) is 29.9 Å². The van der Waals surface area contributed by atoms with Crippen LogP contribution in [0.3, 0.4) is 0 Å². The molecule has 1 amide bonds. The van der Waals surface area contributed by atoms with Crippen molar-refractivity contribution in [3.05, 3.63) is 77.7 Å². The molecule has 3 aromatic heterocycles. The van der Waals surface area contributed by atoms with Gasteiger partial charge in [-0.1, -0.05) is 42.5 Å². The van der Waals surface area contributed by atoms with Crippen LogP contribution in [0.2, 0.25) is 0 Å². The minimum atomic E-state index is -1.06. The van der Waals surface area contributed by atoms with Gasteiger partial charge in [0.2, 0.25) is 0 Å². The van der Waals surface area contributed by atoms with Crippen LogP contribution in [0.4, 0.5) is 0 Å². The molecule has 0 saturated carbocycles. The molecule has 174 valence electrons. The van der Waals surface area contributed by atoms with Gasteiger partial charge in [0.05, 0.1) is 30.5 Å². The third-order valence-electron chi connectivity index (χ3n) is 6.36. The molecule has 0 bridgehead atoms. The monoisotopic (exact) mass is 456 g/mol. The lowest BCUT2D eigenvalue weighted by Crippen LogP contribution is -2.39. The van der Waals surface area contributed by atoms with E-state index in [2.05, 4.69) is 20.3 Å². The highest BCUT2D eigenvalue weighted by Crippen LogP contribution is 2.28. The standard InChI is InChI=1S/C26H28N6O2/c1-3-21-20(14-22(28-21)19-7-5-4-6-8-19)25(33)31-12-10-26(34,16-31)17-32-15-24(29-30-32)23-13-18(2)9-11-27-23/h4-9,11,13-15,28,34H,3,10,12,16-17H2,1-2H3. The molecule has 0 radical (unpaired) electrons. The number of β-amino-alcohol motifs (C(OH)–C–C–N with tert-alkyl or cyclic N) is 1. The topological polar surface area (TPSA) is 99.9 Å². The highest BCUT2D eigenvalue weighted by Gasteiger charge is 2.39. The first kappa shape index (κ1) is 22.0. The van der Waals surface area contributed by atoms with Gasteiger partial charge in [-0.2, -0.15) is 0 Å². The Bertz CT molecular complexity index is 1310. The lowest BCUT2D eigenvalue weighted by molar-refractivity contribution is 0.0266. The number of likely N-dealkylation sites (tertiary alicyclic amines) is 1. The zero-order valence-corrected chi connectivity index (χ0v) is 19.4. The minimum Gasteiger partial charge on any atom is -0.386 e. The molecule has 1 atom stereocenters. The van der Waals surface area contributed by atoms with Gasteiger partial charge in [0, 0.05) is 24.1 Å². The molecule has 1 aliphatic heterocycles. The summed E-state index contributed by atoms with van der Waals surface area (Å²) in [6.07, 6.45) is 4.74. The Hall–Kier alpha value is -3.78. The first-order chi connectivity index (χ1) is 16.4. The average molecular weight is 457 g/mol. The van der Waals surface area contributed by atoms with Gasteiger partial charge in [0.1, 0.15) is 11.3 Å². The van der Waals surface area contributed by atoms with E-state index in [9.17, 15) is 9.90 Å². The largest absolute Gasteiger partial charge is 0.386 e. The van der Waals surface area contributed by atoms with E-state index < -0.39 is 5.60 Å². The van der Waals surface area contributed by atoms with Crippen LogP contribution in [0.5, 0.6) is 0 Å². The molecule has 1 unspecified atom stereocenters. The minimum absolute atomic E-state index is 0.0607. The molecule has 8 nitrogen and oxygen atoms in total. The Balaban J connectivity index is 1.30. The van der Waals surface area contributed by atoms with Crippen LogP contribution < -0.4 is 0 Å². The Morgan fingerprint density at radius 2 is 2.00 bits per heavy atom. The summed E-state index contributed by atoms with van der Waals surface area (Å²) in [6, 6.07) is 15.8. The van der Waals surface area contributed by atoms with Gasteiger partial charge in [-0.15, -0.1) is 5.10 Å². The van der Waals surface area contributed by atoms with Gasteiger partial charge < -0.3 is 15.0 Å². The number of aromatic amines is 1. The molecule has 1 fully saturated rings. The number of rotatable bonds is 6. The molecule has 4 aromatic rings. The zero-order valence-electron chi connectivity index (χ0n) is 19.4. The molecule has 0 aliphatic carbocycles. The fourth-order valence-electron chi connectivity index (χ4n) is 4.54. The number of amides is 1. The number of aromatic nitrogens is 5. The quantitative estimate of drug-likeness (QED) is 0.463. The third kappa shape index (κ3) is 4.36. The number of nitrogens with zero attached hydrogens (tertiary/aromatic N) is 5. The van der Waals surface area contributed by atoms with Gasteiger partial charge in [-0.3, -0.25) is 9.78 Å². The van der Waals surface area contributed by atoms with Crippen molar-refractivity contribution in [2.75, 3.05) is 13.1 Å². The molecule has 2 N–H and O–H groups in total. The number of pyridine rings is 1. The third-order valence-corrected chi connectivity index (χ3v) is 6.36. The molecule has 5 rings (SSSR count). The van der Waals surface area contributed by atoms with Crippen LogP contribution in [0.15, 0.2) is 60.9 Å². The van der Waals surface area contributed by atoms with Crippen molar-refractivity contribution in [3.8, 4) is 22.6 Å². The van der Waals surface area contributed by atoms with E-state index in [0.717, 1.165) is 34.6 Å². The van der Waals surface area contributed by atoms with E-state index in [1.807, 2.05) is 62.4 Å². The SMILES string of the molecule is CCc1[nH]c(-c2ccccc2)cc1C(=O)N1CCC(O)(Cn2cc(-c3cc(C)ccn3)nn2)C1. The summed E-state index contributed by atoms with van der Waals surface area (Å²) in [5.41, 5.74) is 4.97. The Labute approximate surface area is 198 Å². The molecular weight excluding hydrogens is 428 g/mol. The van der Waals surface area contributed by atoms with Crippen molar-refractivity contribution in [1.29, 1.82) is 0 Å². The normalized spacial score (nSPS) is 17.9. The predicted molar refractivity (Wildman–Crippen MR) is 129 cm³/mol. The smallest absolute Gasteiger partial charge is 0.255 e. The highest BCUT2D eigenvalue weighted by molar-refractivity contribution is 5.97. The maximum absolute atomic E-state index is 13.4. The van der Waals surface area contributed by atoms with Gasteiger partial charge in [0.25, 0.3) is 5.91 Å². The van der Waals surface area contributed by atoms with E-state index in [0.29, 0.717) is 24.2 Å². The first-order valence-electron chi connectivity index (χ1n) is 11.6. The number of aryl methyl sites for hydroxylation is 2. The molecule has 1 aliphatic rings. The van der Waals surface area contributed by atoms with E-state index in [1.54, 1.807) is 22.0 Å². The van der Waals surface area contributed by atoms with Gasteiger partial charge in [-0.05, 0) is 49.1 Å². The van der Waals surface area contributed by atoms with Crippen molar-refractivity contribution in [2.24, 2.45) is 0 Å². The Kier molecular flexibility index (Phi) is 5.75. The first-order valence-corrected chi connectivity index (χ1v) is 11.6. The van der Waals surface area contributed by atoms with E-state index in [-0.39, 0.29) is 19.0 Å². The van der Waals surface area contributed by atoms with Gasteiger partial charge in [0.15, 0.2) is 0 Å². The summed E-state index contributed by atoms with van der Waals surface area (Å²) >= 11 is 0. The fourth-order valence-corrected chi connectivity index (χ4v) is 4.54. The second kappa shape index (κ2) is 8.87. The van der Waals surface area contributed by atoms with E-state index in [4.69, 9.17) is 0 Å². The summed E-state index contributed by atoms with van der Waals surface area (Å²) < 4.78 is 1.63. The Morgan fingerprint density at radius 3 is 2.76 bits per heavy atom. The summed E-state index contributed by atoms with van der Waals surface area (Å²) in [6.45, 7) is 5.03. The predicted octanol–water partition coefficient (Wildman–Crippen LogP) is 3.48. The fraction of sp³-hybridized carbons (Fsp3) is 0.308. The highest BCUT2D eigenvalue weighted by atomic mass is 16.3. The molecule has 4 heterocycles. The van der Waals surface area contributed by atoms with E-state index >= 15 is 0 Å². The number of hydrogen-bond donors (Lipinski definition) is 2. The average Bonchev–Trinajstić information content (AvgIpc) is 3.58. The number of carbonyl (C=O) groups is 1. The van der Waals surface area contributed by atoms with Gasteiger partial charge >= 0.3 is 0 Å². The number of carbonyl (C=O) groups excluding carboxylic acids is 1. The van der Waals surface area contributed by atoms with E-state index in [1.165, 1.54) is 0 Å². The number of benzene rings is 1. The summed E-state index contributed by atoms with van der Waals surface area (Å²) in [5.74, 6) is -0.0607. The number of nitrogens with one attached hydrogen (secondary N) is 1. The van der Waals surface area contributed by atoms with Crippen LogP contribution in [-0.2, 0) is 13.0 Å². The summed E-state index contributed by atoms with van der Waals surface area (Å²) in [7, 11) is 0. The lowest BCUT2D eigenvalue weighted by Gasteiger charge is -2.23. The van der Waals surface area contributed by atoms with Crippen LogP contribution >= 0.6 is 0 Å². The van der Waals surface area contributed by atoms with Crippen molar-refractivity contribution in [3.63, 3.8) is 0 Å². The number of H-pyrrole nitrogens is 1. The maximum atomic E-state index is 13.4. The number of aliphatic hydroxyl groups is 1. The number of hydrogen-bond acceptors (Lipinski definition) is 5. The van der Waals surface area contributed by atoms with Crippen LogP contribution in [0, 0.1) is 6.92 Å².